The quantitative estimate of drug-likeness (QED) is 0.575. The molecule has 12 heavy (non-hydrogen) atoms. The Morgan fingerprint density at radius 1 is 1.67 bits per heavy atom. The van der Waals surface area contributed by atoms with Crippen LogP contribution in [-0.2, 0) is 0 Å². The molecule has 1 rings (SSSR count). The van der Waals surface area contributed by atoms with Crippen LogP contribution in [0.2, 0.25) is 0 Å². The van der Waals surface area contributed by atoms with Gasteiger partial charge in [0.2, 0.25) is 0 Å². The van der Waals surface area contributed by atoms with Crippen LogP contribution < -0.4 is 5.43 Å². The highest BCUT2D eigenvalue weighted by Gasteiger charge is 2.06. The van der Waals surface area contributed by atoms with Gasteiger partial charge in [-0.15, -0.1) is 6.42 Å². The first kappa shape index (κ1) is 8.08. The largest absolute Gasteiger partial charge is 0.477 e. The monoisotopic (exact) mass is 163 g/mol. The number of carbonyl (C=O) groups is 1. The van der Waals surface area contributed by atoms with Crippen LogP contribution >= 0.6 is 0 Å². The van der Waals surface area contributed by atoms with Crippen molar-refractivity contribution in [3.05, 3.63) is 33.7 Å². The minimum atomic E-state index is -1.26. The Labute approximate surface area is 67.9 Å². The van der Waals surface area contributed by atoms with Gasteiger partial charge in [0.25, 0.3) is 0 Å². The number of aromatic carboxylic acids is 1. The van der Waals surface area contributed by atoms with Gasteiger partial charge in [0.1, 0.15) is 5.56 Å². The number of carboxylic acid groups (broad SMARTS) is 1. The molecule has 0 fully saturated rings. The predicted molar refractivity (Wildman–Crippen MR) is 42.0 cm³/mol. The minimum absolute atomic E-state index is 0.269. The number of nitrogens with one attached hydrogen (secondary N) is 1. The number of pyridine rings is 1. The molecule has 0 unspecified atom stereocenters. The molecule has 1 heterocycles. The number of rotatable bonds is 1. The second-order valence-corrected chi connectivity index (χ2v) is 2.07. The van der Waals surface area contributed by atoms with Gasteiger partial charge in [-0.2, -0.15) is 0 Å². The summed E-state index contributed by atoms with van der Waals surface area (Å²) in [6.45, 7) is 0. The molecule has 0 atom stereocenters. The van der Waals surface area contributed by atoms with Gasteiger partial charge in [0, 0.05) is 12.3 Å². The van der Waals surface area contributed by atoms with Gasteiger partial charge in [-0.05, 0) is 0 Å². The van der Waals surface area contributed by atoms with E-state index in [2.05, 4.69) is 10.9 Å². The summed E-state index contributed by atoms with van der Waals surface area (Å²) in [5.41, 5.74) is -0.631. The predicted octanol–water partition coefficient (Wildman–Crippen LogP) is 0.0544. The fourth-order valence-electron chi connectivity index (χ4n) is 0.722. The van der Waals surface area contributed by atoms with E-state index in [1.165, 1.54) is 0 Å². The highest BCUT2D eigenvalue weighted by molar-refractivity contribution is 5.87. The van der Waals surface area contributed by atoms with Gasteiger partial charge in [0.15, 0.2) is 5.43 Å². The number of H-pyrrole nitrogens is 1. The Morgan fingerprint density at radius 2 is 2.33 bits per heavy atom. The second-order valence-electron chi connectivity index (χ2n) is 2.07. The Balaban J connectivity index is 3.33. The summed E-state index contributed by atoms with van der Waals surface area (Å²) >= 11 is 0. The van der Waals surface area contributed by atoms with Gasteiger partial charge < -0.3 is 10.1 Å². The van der Waals surface area contributed by atoms with Crippen LogP contribution in [-0.4, -0.2) is 16.1 Å². The zero-order chi connectivity index (χ0) is 9.14. The van der Waals surface area contributed by atoms with E-state index in [4.69, 9.17) is 11.5 Å². The van der Waals surface area contributed by atoms with E-state index in [-0.39, 0.29) is 11.3 Å². The normalized spacial score (nSPS) is 8.92. The van der Waals surface area contributed by atoms with Crippen molar-refractivity contribution in [2.24, 2.45) is 0 Å². The van der Waals surface area contributed by atoms with Crippen molar-refractivity contribution in [3.8, 4) is 12.3 Å². The Hall–Kier alpha value is -2.02. The first-order valence-electron chi connectivity index (χ1n) is 3.08. The van der Waals surface area contributed by atoms with Crippen molar-refractivity contribution in [2.45, 2.75) is 0 Å². The number of aromatic nitrogens is 1. The van der Waals surface area contributed by atoms with Crippen molar-refractivity contribution >= 4 is 5.97 Å². The first-order valence-corrected chi connectivity index (χ1v) is 3.08. The molecule has 0 aliphatic carbocycles. The van der Waals surface area contributed by atoms with E-state index in [1.807, 2.05) is 0 Å². The highest BCUT2D eigenvalue weighted by Crippen LogP contribution is 1.91. The lowest BCUT2D eigenvalue weighted by Gasteiger charge is -1.92. The van der Waals surface area contributed by atoms with Crippen LogP contribution in [0.3, 0.4) is 0 Å². The topological polar surface area (TPSA) is 70.2 Å². The van der Waals surface area contributed by atoms with Crippen LogP contribution in [0.15, 0.2) is 17.1 Å². The number of aromatic amines is 1. The lowest BCUT2D eigenvalue weighted by atomic mass is 10.2. The summed E-state index contributed by atoms with van der Waals surface area (Å²) < 4.78 is 0. The molecule has 0 saturated carbocycles. The summed E-state index contributed by atoms with van der Waals surface area (Å²) in [6.07, 6.45) is 6.06. The molecule has 0 aromatic carbocycles. The third-order valence-electron chi connectivity index (χ3n) is 1.30. The van der Waals surface area contributed by atoms with Crippen LogP contribution in [0, 0.1) is 12.3 Å². The zero-order valence-electron chi connectivity index (χ0n) is 6.00. The highest BCUT2D eigenvalue weighted by atomic mass is 16.4. The lowest BCUT2D eigenvalue weighted by Crippen LogP contribution is -2.14. The summed E-state index contributed by atoms with van der Waals surface area (Å²) in [5, 5.41) is 8.46. The Kier molecular flexibility index (Phi) is 1.97. The van der Waals surface area contributed by atoms with E-state index < -0.39 is 11.4 Å². The number of terminal acetylenes is 1. The average Bonchev–Trinajstić information content (AvgIpc) is 2.03. The van der Waals surface area contributed by atoms with Crippen LogP contribution in [0.5, 0.6) is 0 Å². The number of hydrogen-bond acceptors (Lipinski definition) is 2. The maximum Gasteiger partial charge on any atom is 0.341 e. The molecule has 4 heteroatoms. The van der Waals surface area contributed by atoms with E-state index in [0.717, 1.165) is 12.3 Å². The molecular weight excluding hydrogens is 158 g/mol. The van der Waals surface area contributed by atoms with Crippen LogP contribution in [0.25, 0.3) is 0 Å². The van der Waals surface area contributed by atoms with E-state index in [1.54, 1.807) is 0 Å². The molecule has 1 aromatic rings. The van der Waals surface area contributed by atoms with Gasteiger partial charge >= 0.3 is 5.97 Å². The number of hydrogen-bond donors (Lipinski definition) is 2. The molecule has 2 N–H and O–H groups in total. The molecule has 1 aromatic heterocycles. The third-order valence-corrected chi connectivity index (χ3v) is 1.30. The van der Waals surface area contributed by atoms with Crippen molar-refractivity contribution in [1.82, 2.24) is 4.98 Å². The fraction of sp³-hybridized carbons (Fsp3) is 0. The molecular formula is C8H5NO3. The SMILES string of the molecule is C#Cc1cc(=O)c(C(=O)O)c[nH]1. The van der Waals surface area contributed by atoms with Gasteiger partial charge in [-0.3, -0.25) is 4.79 Å². The Morgan fingerprint density at radius 3 is 2.75 bits per heavy atom. The summed E-state index contributed by atoms with van der Waals surface area (Å²) in [5.74, 6) is 0.921. The summed E-state index contributed by atoms with van der Waals surface area (Å²) in [7, 11) is 0. The zero-order valence-corrected chi connectivity index (χ0v) is 6.00. The van der Waals surface area contributed by atoms with Crippen molar-refractivity contribution in [3.63, 3.8) is 0 Å². The first-order chi connectivity index (χ1) is 5.65. The second kappa shape index (κ2) is 2.93. The van der Waals surface area contributed by atoms with Crippen molar-refractivity contribution < 1.29 is 9.90 Å². The molecule has 60 valence electrons. The molecule has 0 amide bonds. The van der Waals surface area contributed by atoms with Crippen molar-refractivity contribution in [2.75, 3.05) is 0 Å². The fourth-order valence-corrected chi connectivity index (χ4v) is 0.722. The lowest BCUT2D eigenvalue weighted by molar-refractivity contribution is 0.0695. The summed E-state index contributed by atoms with van der Waals surface area (Å²) in [6, 6.07) is 1.07. The van der Waals surface area contributed by atoms with Gasteiger partial charge in [0.05, 0.1) is 5.69 Å². The van der Waals surface area contributed by atoms with Gasteiger partial charge in [-0.25, -0.2) is 4.79 Å². The maximum absolute atomic E-state index is 10.9. The van der Waals surface area contributed by atoms with Crippen LogP contribution in [0.1, 0.15) is 16.1 Å². The molecule has 0 spiro atoms. The molecule has 0 saturated heterocycles. The maximum atomic E-state index is 10.9. The summed E-state index contributed by atoms with van der Waals surface area (Å²) in [4.78, 5) is 23.8. The smallest absolute Gasteiger partial charge is 0.341 e. The standard InChI is InChI=1S/C8H5NO3/c1-2-5-3-7(10)6(4-9-5)8(11)12/h1,3-4H,(H,9,10)(H,11,12). The average molecular weight is 163 g/mol. The molecule has 0 bridgehead atoms. The molecule has 0 radical (unpaired) electrons. The van der Waals surface area contributed by atoms with E-state index in [0.29, 0.717) is 0 Å². The molecule has 0 aliphatic rings. The van der Waals surface area contributed by atoms with E-state index in [9.17, 15) is 9.59 Å². The third kappa shape index (κ3) is 1.35. The Bertz CT molecular complexity index is 411. The molecule has 0 aliphatic heterocycles. The van der Waals surface area contributed by atoms with Gasteiger partial charge in [-0.1, -0.05) is 5.92 Å². The number of carboxylic acids is 1. The van der Waals surface area contributed by atoms with Crippen LogP contribution in [0.4, 0.5) is 0 Å². The van der Waals surface area contributed by atoms with E-state index >= 15 is 0 Å². The minimum Gasteiger partial charge on any atom is -0.477 e. The van der Waals surface area contributed by atoms with Crippen molar-refractivity contribution in [1.29, 1.82) is 0 Å². The molecule has 4 nitrogen and oxygen atoms in total.